The molecule has 3 aliphatic heterocycles. The lowest BCUT2D eigenvalue weighted by molar-refractivity contribution is -0.0111. The lowest BCUT2D eigenvalue weighted by Gasteiger charge is -2.50. The molecule has 0 saturated carbocycles. The van der Waals surface area contributed by atoms with Gasteiger partial charge in [0.15, 0.2) is 5.65 Å². The Kier molecular flexibility index (Phi) is 5.62. The first-order chi connectivity index (χ1) is 16.1. The number of nitriles is 1. The molecule has 2 aromatic heterocycles. The Hall–Kier alpha value is -2.95. The first-order valence-electron chi connectivity index (χ1n) is 12.2. The van der Waals surface area contributed by atoms with Crippen molar-refractivity contribution in [2.75, 3.05) is 20.1 Å². The Morgan fingerprint density at radius 3 is 2.50 bits per heavy atom. The molecule has 0 radical (unpaired) electrons. The van der Waals surface area contributed by atoms with Crippen LogP contribution in [0.5, 0.6) is 0 Å². The highest BCUT2D eigenvalue weighted by Crippen LogP contribution is 2.31. The minimum absolute atomic E-state index is 0.0260. The quantitative estimate of drug-likeness (QED) is 0.598. The van der Waals surface area contributed by atoms with Crippen LogP contribution in [0.2, 0.25) is 0 Å². The van der Waals surface area contributed by atoms with Gasteiger partial charge in [0.1, 0.15) is 0 Å². The number of fused-ring (bicyclic) bond motifs is 4. The molecule has 0 amide bonds. The molecule has 1 aromatic carbocycles. The van der Waals surface area contributed by atoms with E-state index in [1.54, 1.807) is 16.2 Å². The molecule has 2 bridgehead atoms. The number of hydrogen-bond acceptors (Lipinski definition) is 5. The minimum atomic E-state index is -0.0612. The summed E-state index contributed by atoms with van der Waals surface area (Å²) in [4.78, 5) is 22.9. The largest absolute Gasteiger partial charge is 0.330 e. The summed E-state index contributed by atoms with van der Waals surface area (Å²) < 4.78 is 3.41. The second kappa shape index (κ2) is 8.37. The summed E-state index contributed by atoms with van der Waals surface area (Å²) in [7, 11) is 4.00. The van der Waals surface area contributed by atoms with E-state index in [4.69, 9.17) is 4.98 Å². The van der Waals surface area contributed by atoms with Gasteiger partial charge in [-0.25, -0.2) is 9.78 Å². The molecule has 178 valence electrons. The number of aryl methyl sites for hydroxylation is 1. The second-order valence-electron chi connectivity index (χ2n) is 11.3. The molecule has 34 heavy (non-hydrogen) atoms. The van der Waals surface area contributed by atoms with Gasteiger partial charge < -0.3 is 4.90 Å². The van der Waals surface area contributed by atoms with Crippen LogP contribution in [-0.2, 0) is 20.1 Å². The molecule has 3 fully saturated rings. The van der Waals surface area contributed by atoms with Crippen molar-refractivity contribution in [3.05, 3.63) is 51.9 Å². The normalized spacial score (nSPS) is 21.3. The van der Waals surface area contributed by atoms with Crippen LogP contribution in [0.1, 0.15) is 44.7 Å². The van der Waals surface area contributed by atoms with Crippen LogP contribution in [0.15, 0.2) is 35.1 Å². The molecule has 0 spiro atoms. The summed E-state index contributed by atoms with van der Waals surface area (Å²) in [6, 6.07) is 13.6. The number of hydrogen-bond donors (Lipinski definition) is 0. The van der Waals surface area contributed by atoms with E-state index >= 15 is 0 Å². The standard InChI is InChI=1S/C27H34N6O/c1-27(2,3)17-33-24-11-10-23(29-25(24)31(5)26(33)34)22-12-18(6-7-19(22)13-28)14-32-16-20-8-9-21(32)15-30(20)4/h6-7,10-12,20-21H,8-9,14-17H2,1-5H3. The van der Waals surface area contributed by atoms with Crippen molar-refractivity contribution < 1.29 is 0 Å². The fraction of sp³-hybridized carbons (Fsp3) is 0.519. The van der Waals surface area contributed by atoms with E-state index in [1.165, 1.54) is 18.4 Å². The van der Waals surface area contributed by atoms with Gasteiger partial charge in [0.25, 0.3) is 0 Å². The molecule has 0 aliphatic carbocycles. The molecular formula is C27H34N6O. The lowest BCUT2D eigenvalue weighted by atomic mass is 9.90. The topological polar surface area (TPSA) is 70.1 Å². The Bertz CT molecular complexity index is 1340. The third-order valence-electron chi connectivity index (χ3n) is 7.40. The lowest BCUT2D eigenvalue weighted by Crippen LogP contribution is -2.60. The molecule has 0 N–H and O–H groups in total. The van der Waals surface area contributed by atoms with Gasteiger partial charge in [-0.2, -0.15) is 5.26 Å². The Balaban J connectivity index is 1.51. The number of benzene rings is 1. The summed E-state index contributed by atoms with van der Waals surface area (Å²) in [5.74, 6) is 0. The summed E-state index contributed by atoms with van der Waals surface area (Å²) in [6.07, 6.45) is 2.55. The maximum absolute atomic E-state index is 12.9. The highest BCUT2D eigenvalue weighted by Gasteiger charge is 2.36. The van der Waals surface area contributed by atoms with Gasteiger partial charge in [-0.15, -0.1) is 0 Å². The number of likely N-dealkylation sites (N-methyl/N-ethyl adjacent to an activating group) is 1. The van der Waals surface area contributed by atoms with Crippen molar-refractivity contribution in [3.63, 3.8) is 0 Å². The van der Waals surface area contributed by atoms with E-state index < -0.39 is 0 Å². The highest BCUT2D eigenvalue weighted by molar-refractivity contribution is 5.78. The number of pyridine rings is 1. The average Bonchev–Trinajstić information content (AvgIpc) is 3.03. The van der Waals surface area contributed by atoms with Crippen molar-refractivity contribution in [1.29, 1.82) is 5.26 Å². The fourth-order valence-corrected chi connectivity index (χ4v) is 5.60. The SMILES string of the molecule is CN1CC2CCC1CN2Cc1ccc(C#N)c(-c2ccc3c(n2)n(C)c(=O)n3CC(C)(C)C)c1. The van der Waals surface area contributed by atoms with Crippen molar-refractivity contribution in [2.45, 2.75) is 58.8 Å². The summed E-state index contributed by atoms with van der Waals surface area (Å²) in [5.41, 5.74) is 4.76. The second-order valence-corrected chi connectivity index (χ2v) is 11.3. The van der Waals surface area contributed by atoms with Crippen molar-refractivity contribution in [3.8, 4) is 17.3 Å². The first-order valence-corrected chi connectivity index (χ1v) is 12.2. The molecule has 3 saturated heterocycles. The van der Waals surface area contributed by atoms with Crippen molar-refractivity contribution in [2.24, 2.45) is 12.5 Å². The highest BCUT2D eigenvalue weighted by atomic mass is 16.1. The molecule has 7 heteroatoms. The smallest absolute Gasteiger partial charge is 0.301 e. The fourth-order valence-electron chi connectivity index (χ4n) is 5.60. The summed E-state index contributed by atoms with van der Waals surface area (Å²) in [5, 5.41) is 9.80. The molecular weight excluding hydrogens is 424 g/mol. The van der Waals surface area contributed by atoms with Crippen LogP contribution in [0, 0.1) is 16.7 Å². The number of piperidine rings is 2. The van der Waals surface area contributed by atoms with Gasteiger partial charge in [0.2, 0.25) is 0 Å². The summed E-state index contributed by atoms with van der Waals surface area (Å²) >= 11 is 0. The van der Waals surface area contributed by atoms with E-state index in [0.29, 0.717) is 29.8 Å². The van der Waals surface area contributed by atoms with Gasteiger partial charge in [-0.05, 0) is 55.1 Å². The molecule has 2 unspecified atom stereocenters. The number of piperazine rings is 1. The van der Waals surface area contributed by atoms with Gasteiger partial charge in [0.05, 0.1) is 22.8 Å². The molecule has 3 aromatic rings. The number of aromatic nitrogens is 3. The predicted molar refractivity (Wildman–Crippen MR) is 134 cm³/mol. The maximum atomic E-state index is 12.9. The van der Waals surface area contributed by atoms with Crippen LogP contribution in [0.4, 0.5) is 0 Å². The van der Waals surface area contributed by atoms with Gasteiger partial charge in [0, 0.05) is 50.9 Å². The first kappa shape index (κ1) is 22.8. The molecule has 7 nitrogen and oxygen atoms in total. The summed E-state index contributed by atoms with van der Waals surface area (Å²) in [6.45, 7) is 10.1. The molecule has 2 atom stereocenters. The number of rotatable bonds is 4. The minimum Gasteiger partial charge on any atom is -0.301 e. The molecule has 6 rings (SSSR count). The average molecular weight is 459 g/mol. The van der Waals surface area contributed by atoms with Crippen LogP contribution in [-0.4, -0.2) is 56.1 Å². The molecule has 3 aliphatic rings. The number of imidazole rings is 1. The van der Waals surface area contributed by atoms with Gasteiger partial charge >= 0.3 is 5.69 Å². The van der Waals surface area contributed by atoms with Gasteiger partial charge in [-0.1, -0.05) is 26.8 Å². The predicted octanol–water partition coefficient (Wildman–Crippen LogP) is 3.60. The van der Waals surface area contributed by atoms with Crippen LogP contribution in [0.3, 0.4) is 0 Å². The van der Waals surface area contributed by atoms with Crippen LogP contribution < -0.4 is 5.69 Å². The van der Waals surface area contributed by atoms with E-state index in [0.717, 1.165) is 36.4 Å². The van der Waals surface area contributed by atoms with E-state index in [9.17, 15) is 10.1 Å². The Morgan fingerprint density at radius 2 is 1.85 bits per heavy atom. The zero-order valence-corrected chi connectivity index (χ0v) is 20.9. The number of nitrogens with zero attached hydrogens (tertiary/aromatic N) is 6. The zero-order valence-electron chi connectivity index (χ0n) is 20.9. The Morgan fingerprint density at radius 1 is 1.09 bits per heavy atom. The monoisotopic (exact) mass is 458 g/mol. The Labute approximate surface area is 201 Å². The van der Waals surface area contributed by atoms with E-state index in [2.05, 4.69) is 55.8 Å². The third kappa shape index (κ3) is 4.06. The van der Waals surface area contributed by atoms with Crippen molar-refractivity contribution in [1.82, 2.24) is 23.9 Å². The maximum Gasteiger partial charge on any atom is 0.330 e. The van der Waals surface area contributed by atoms with Gasteiger partial charge in [-0.3, -0.25) is 14.0 Å². The van der Waals surface area contributed by atoms with Crippen LogP contribution in [0.25, 0.3) is 22.4 Å². The third-order valence-corrected chi connectivity index (χ3v) is 7.40. The van der Waals surface area contributed by atoms with E-state index in [1.807, 2.05) is 18.2 Å². The van der Waals surface area contributed by atoms with Crippen LogP contribution >= 0.6 is 0 Å². The van der Waals surface area contributed by atoms with E-state index in [-0.39, 0.29) is 11.1 Å². The zero-order chi connectivity index (χ0) is 24.2. The van der Waals surface area contributed by atoms with Crippen molar-refractivity contribution >= 4 is 11.2 Å². The molecule has 5 heterocycles.